The lowest BCUT2D eigenvalue weighted by Crippen LogP contribution is -2.12. The lowest BCUT2D eigenvalue weighted by molar-refractivity contribution is 0.242. The van der Waals surface area contributed by atoms with E-state index in [0.717, 1.165) is 18.7 Å². The van der Waals surface area contributed by atoms with Gasteiger partial charge in [0.1, 0.15) is 5.75 Å². The van der Waals surface area contributed by atoms with Crippen molar-refractivity contribution in [2.75, 3.05) is 6.54 Å². The van der Waals surface area contributed by atoms with Gasteiger partial charge in [0, 0.05) is 0 Å². The molecule has 0 aliphatic carbocycles. The second-order valence-corrected chi connectivity index (χ2v) is 5.16. The Kier molecular flexibility index (Phi) is 5.49. The summed E-state index contributed by atoms with van der Waals surface area (Å²) in [6, 6.07) is 8.44. The zero-order chi connectivity index (χ0) is 12.8. The molecule has 1 aromatic rings. The molecule has 0 aliphatic heterocycles. The van der Waals surface area contributed by atoms with Gasteiger partial charge in [0.25, 0.3) is 0 Å². The predicted octanol–water partition coefficient (Wildman–Crippen LogP) is 3.56. The molecule has 0 heterocycles. The molecular formula is C15H25NO. The van der Waals surface area contributed by atoms with Crippen molar-refractivity contribution in [1.82, 2.24) is 0 Å². The SMILES string of the molecule is CC(C)Oc1ccc([C@@H](CCN)C(C)C)cc1. The molecule has 0 aromatic heterocycles. The van der Waals surface area contributed by atoms with Crippen LogP contribution in [0.15, 0.2) is 24.3 Å². The van der Waals surface area contributed by atoms with Gasteiger partial charge in [-0.1, -0.05) is 26.0 Å². The molecule has 2 nitrogen and oxygen atoms in total. The van der Waals surface area contributed by atoms with Crippen LogP contribution in [0, 0.1) is 5.92 Å². The van der Waals surface area contributed by atoms with E-state index in [4.69, 9.17) is 10.5 Å². The summed E-state index contributed by atoms with van der Waals surface area (Å²) in [5, 5.41) is 0. The highest BCUT2D eigenvalue weighted by atomic mass is 16.5. The fourth-order valence-electron chi connectivity index (χ4n) is 2.13. The van der Waals surface area contributed by atoms with Crippen molar-refractivity contribution in [1.29, 1.82) is 0 Å². The molecule has 1 rings (SSSR count). The van der Waals surface area contributed by atoms with Crippen LogP contribution in [-0.2, 0) is 0 Å². The van der Waals surface area contributed by atoms with Gasteiger partial charge in [-0.15, -0.1) is 0 Å². The molecule has 96 valence electrons. The summed E-state index contributed by atoms with van der Waals surface area (Å²) < 4.78 is 5.64. The Morgan fingerprint density at radius 2 is 1.65 bits per heavy atom. The molecule has 1 atom stereocenters. The van der Waals surface area contributed by atoms with Crippen LogP contribution in [-0.4, -0.2) is 12.6 Å². The van der Waals surface area contributed by atoms with Gasteiger partial charge in [-0.05, 0) is 56.3 Å². The fourth-order valence-corrected chi connectivity index (χ4v) is 2.13. The Morgan fingerprint density at radius 1 is 1.06 bits per heavy atom. The summed E-state index contributed by atoms with van der Waals surface area (Å²) in [5.41, 5.74) is 7.04. The van der Waals surface area contributed by atoms with Crippen molar-refractivity contribution < 1.29 is 4.74 Å². The van der Waals surface area contributed by atoms with Crippen molar-refractivity contribution in [3.05, 3.63) is 29.8 Å². The Bertz CT molecular complexity index is 316. The van der Waals surface area contributed by atoms with Gasteiger partial charge in [0.15, 0.2) is 0 Å². The average molecular weight is 235 g/mol. The van der Waals surface area contributed by atoms with Crippen LogP contribution >= 0.6 is 0 Å². The number of hydrogen-bond acceptors (Lipinski definition) is 2. The van der Waals surface area contributed by atoms with Gasteiger partial charge in [0.05, 0.1) is 6.10 Å². The maximum absolute atomic E-state index is 5.68. The molecule has 0 aliphatic rings. The summed E-state index contributed by atoms with van der Waals surface area (Å²) in [6.45, 7) is 9.32. The third kappa shape index (κ3) is 4.39. The number of nitrogens with two attached hydrogens (primary N) is 1. The first-order chi connectivity index (χ1) is 8.04. The molecule has 0 amide bonds. The van der Waals surface area contributed by atoms with Crippen LogP contribution in [0.5, 0.6) is 5.75 Å². The molecule has 1 aromatic carbocycles. The lowest BCUT2D eigenvalue weighted by Gasteiger charge is -2.21. The Morgan fingerprint density at radius 3 is 2.06 bits per heavy atom. The van der Waals surface area contributed by atoms with E-state index in [9.17, 15) is 0 Å². The monoisotopic (exact) mass is 235 g/mol. The van der Waals surface area contributed by atoms with E-state index >= 15 is 0 Å². The van der Waals surface area contributed by atoms with Crippen LogP contribution in [0.1, 0.15) is 45.6 Å². The van der Waals surface area contributed by atoms with Gasteiger partial charge in [-0.25, -0.2) is 0 Å². The van der Waals surface area contributed by atoms with Gasteiger partial charge >= 0.3 is 0 Å². The first-order valence-corrected chi connectivity index (χ1v) is 6.51. The molecule has 0 radical (unpaired) electrons. The van der Waals surface area contributed by atoms with E-state index in [0.29, 0.717) is 11.8 Å². The number of benzene rings is 1. The highest BCUT2D eigenvalue weighted by Crippen LogP contribution is 2.28. The van der Waals surface area contributed by atoms with Gasteiger partial charge in [0.2, 0.25) is 0 Å². The quantitative estimate of drug-likeness (QED) is 0.818. The number of hydrogen-bond donors (Lipinski definition) is 1. The minimum absolute atomic E-state index is 0.228. The first kappa shape index (κ1) is 14.0. The summed E-state index contributed by atoms with van der Waals surface area (Å²) >= 11 is 0. The zero-order valence-electron chi connectivity index (χ0n) is 11.4. The van der Waals surface area contributed by atoms with E-state index < -0.39 is 0 Å². The lowest BCUT2D eigenvalue weighted by atomic mass is 9.86. The topological polar surface area (TPSA) is 35.2 Å². The molecule has 0 unspecified atom stereocenters. The maximum Gasteiger partial charge on any atom is 0.119 e. The van der Waals surface area contributed by atoms with Crippen LogP contribution in [0.3, 0.4) is 0 Å². The Balaban J connectivity index is 2.77. The maximum atomic E-state index is 5.68. The van der Waals surface area contributed by atoms with Crippen molar-refractivity contribution in [3.8, 4) is 5.75 Å². The molecule has 2 N–H and O–H groups in total. The number of ether oxygens (including phenoxy) is 1. The average Bonchev–Trinajstić information content (AvgIpc) is 2.26. The standard InChI is InChI=1S/C15H25NO/c1-11(2)15(9-10-16)13-5-7-14(8-6-13)17-12(3)4/h5-8,11-12,15H,9-10,16H2,1-4H3/t15-/m0/s1. The van der Waals surface area contributed by atoms with Crippen LogP contribution < -0.4 is 10.5 Å². The van der Waals surface area contributed by atoms with Gasteiger partial charge < -0.3 is 10.5 Å². The second-order valence-electron chi connectivity index (χ2n) is 5.16. The van der Waals surface area contributed by atoms with E-state index in [-0.39, 0.29) is 6.10 Å². The van der Waals surface area contributed by atoms with E-state index in [2.05, 4.69) is 38.1 Å². The molecule has 0 fully saturated rings. The Labute approximate surface area is 105 Å². The summed E-state index contributed by atoms with van der Waals surface area (Å²) in [6.07, 6.45) is 1.27. The molecule has 0 spiro atoms. The summed E-state index contributed by atoms with van der Waals surface area (Å²) in [7, 11) is 0. The van der Waals surface area contributed by atoms with Crippen molar-refractivity contribution in [3.63, 3.8) is 0 Å². The van der Waals surface area contributed by atoms with Crippen LogP contribution in [0.25, 0.3) is 0 Å². The van der Waals surface area contributed by atoms with E-state index in [1.54, 1.807) is 0 Å². The Hall–Kier alpha value is -1.02. The van der Waals surface area contributed by atoms with Crippen molar-refractivity contribution in [2.24, 2.45) is 11.7 Å². The van der Waals surface area contributed by atoms with Crippen molar-refractivity contribution >= 4 is 0 Å². The number of rotatable bonds is 6. The fraction of sp³-hybridized carbons (Fsp3) is 0.600. The molecule has 0 saturated heterocycles. The molecule has 2 heteroatoms. The van der Waals surface area contributed by atoms with Gasteiger partial charge in [-0.3, -0.25) is 0 Å². The van der Waals surface area contributed by atoms with Gasteiger partial charge in [-0.2, -0.15) is 0 Å². The molecule has 0 saturated carbocycles. The molecule has 0 bridgehead atoms. The highest BCUT2D eigenvalue weighted by molar-refractivity contribution is 5.29. The first-order valence-electron chi connectivity index (χ1n) is 6.51. The normalized spacial score (nSPS) is 13.1. The predicted molar refractivity (Wildman–Crippen MR) is 73.5 cm³/mol. The third-order valence-electron chi connectivity index (χ3n) is 2.96. The van der Waals surface area contributed by atoms with E-state index in [1.165, 1.54) is 5.56 Å². The summed E-state index contributed by atoms with van der Waals surface area (Å²) in [5.74, 6) is 2.11. The smallest absolute Gasteiger partial charge is 0.119 e. The minimum Gasteiger partial charge on any atom is -0.491 e. The summed E-state index contributed by atoms with van der Waals surface area (Å²) in [4.78, 5) is 0. The third-order valence-corrected chi connectivity index (χ3v) is 2.96. The van der Waals surface area contributed by atoms with Crippen LogP contribution in [0.2, 0.25) is 0 Å². The van der Waals surface area contributed by atoms with E-state index in [1.807, 2.05) is 13.8 Å². The second kappa shape index (κ2) is 6.65. The minimum atomic E-state index is 0.228. The highest BCUT2D eigenvalue weighted by Gasteiger charge is 2.14. The molecule has 17 heavy (non-hydrogen) atoms. The van der Waals surface area contributed by atoms with Crippen LogP contribution in [0.4, 0.5) is 0 Å². The molecular weight excluding hydrogens is 210 g/mol. The largest absolute Gasteiger partial charge is 0.491 e. The zero-order valence-corrected chi connectivity index (χ0v) is 11.4. The van der Waals surface area contributed by atoms with Crippen molar-refractivity contribution in [2.45, 2.75) is 46.1 Å².